The van der Waals surface area contributed by atoms with Crippen LogP contribution in [-0.2, 0) is 0 Å². The van der Waals surface area contributed by atoms with Crippen molar-refractivity contribution in [2.75, 3.05) is 11.4 Å². The minimum absolute atomic E-state index is 0.437. The summed E-state index contributed by atoms with van der Waals surface area (Å²) in [5.74, 6) is 0.968. The standard InChI is InChI=1S/C14H21N3/c1-4-5-6-9-17(12(2)3)14-8-7-13(10-15)11-16-14/h7-8,11-12H,4-6,9H2,1-3H3. The molecule has 0 N–H and O–H groups in total. The van der Waals surface area contributed by atoms with Crippen molar-refractivity contribution in [1.82, 2.24) is 4.98 Å². The highest BCUT2D eigenvalue weighted by atomic mass is 15.2. The van der Waals surface area contributed by atoms with E-state index in [1.807, 2.05) is 12.1 Å². The summed E-state index contributed by atoms with van der Waals surface area (Å²) in [4.78, 5) is 6.64. The van der Waals surface area contributed by atoms with Crippen molar-refractivity contribution < 1.29 is 0 Å². The summed E-state index contributed by atoms with van der Waals surface area (Å²) in [7, 11) is 0. The molecule has 0 radical (unpaired) electrons. The van der Waals surface area contributed by atoms with Crippen molar-refractivity contribution in [1.29, 1.82) is 5.26 Å². The lowest BCUT2D eigenvalue weighted by Crippen LogP contribution is -2.32. The number of unbranched alkanes of at least 4 members (excludes halogenated alkanes) is 2. The van der Waals surface area contributed by atoms with Crippen LogP contribution in [0.4, 0.5) is 5.82 Å². The predicted molar refractivity (Wildman–Crippen MR) is 71.0 cm³/mol. The van der Waals surface area contributed by atoms with Crippen molar-refractivity contribution >= 4 is 5.82 Å². The molecule has 1 heterocycles. The molecule has 1 aromatic heterocycles. The fraction of sp³-hybridized carbons (Fsp3) is 0.571. The maximum Gasteiger partial charge on any atom is 0.128 e. The molecule has 0 aliphatic carbocycles. The lowest BCUT2D eigenvalue weighted by atomic mass is 10.2. The molecular formula is C14H21N3. The molecule has 1 rings (SSSR count). The molecule has 0 amide bonds. The molecule has 92 valence electrons. The Kier molecular flexibility index (Phi) is 5.48. The Balaban J connectivity index is 2.72. The van der Waals surface area contributed by atoms with E-state index in [4.69, 9.17) is 5.26 Å². The van der Waals surface area contributed by atoms with Crippen LogP contribution in [0.15, 0.2) is 18.3 Å². The van der Waals surface area contributed by atoms with E-state index in [1.165, 1.54) is 19.3 Å². The first-order chi connectivity index (χ1) is 8.19. The second-order valence-electron chi connectivity index (χ2n) is 4.51. The van der Waals surface area contributed by atoms with Gasteiger partial charge in [0.25, 0.3) is 0 Å². The largest absolute Gasteiger partial charge is 0.354 e. The summed E-state index contributed by atoms with van der Waals surface area (Å²) in [5.41, 5.74) is 0.617. The molecule has 0 saturated carbocycles. The van der Waals surface area contributed by atoms with Gasteiger partial charge in [-0.05, 0) is 32.4 Å². The van der Waals surface area contributed by atoms with Gasteiger partial charge in [0, 0.05) is 18.8 Å². The van der Waals surface area contributed by atoms with E-state index >= 15 is 0 Å². The van der Waals surface area contributed by atoms with E-state index in [0.717, 1.165) is 12.4 Å². The number of aromatic nitrogens is 1. The third kappa shape index (κ3) is 4.07. The topological polar surface area (TPSA) is 39.9 Å². The Labute approximate surface area is 104 Å². The van der Waals surface area contributed by atoms with Gasteiger partial charge in [0.2, 0.25) is 0 Å². The Morgan fingerprint density at radius 1 is 1.35 bits per heavy atom. The number of nitriles is 1. The van der Waals surface area contributed by atoms with Crippen molar-refractivity contribution in [2.24, 2.45) is 0 Å². The van der Waals surface area contributed by atoms with Gasteiger partial charge in [-0.3, -0.25) is 0 Å². The maximum atomic E-state index is 8.75. The molecule has 3 nitrogen and oxygen atoms in total. The molecule has 0 fully saturated rings. The van der Waals surface area contributed by atoms with E-state index in [-0.39, 0.29) is 0 Å². The quantitative estimate of drug-likeness (QED) is 0.705. The number of hydrogen-bond acceptors (Lipinski definition) is 3. The van der Waals surface area contributed by atoms with Crippen LogP contribution in [0.1, 0.15) is 45.6 Å². The second kappa shape index (κ2) is 6.90. The van der Waals surface area contributed by atoms with E-state index in [2.05, 4.69) is 36.7 Å². The van der Waals surface area contributed by atoms with Crippen molar-refractivity contribution in [3.8, 4) is 6.07 Å². The summed E-state index contributed by atoms with van der Waals surface area (Å²) in [6.07, 6.45) is 5.31. The molecule has 3 heteroatoms. The molecule has 0 aliphatic rings. The first-order valence-electron chi connectivity index (χ1n) is 6.31. The van der Waals surface area contributed by atoms with E-state index in [0.29, 0.717) is 11.6 Å². The molecule has 0 bridgehead atoms. The van der Waals surface area contributed by atoms with Crippen LogP contribution in [0.5, 0.6) is 0 Å². The van der Waals surface area contributed by atoms with E-state index in [9.17, 15) is 0 Å². The number of rotatable bonds is 6. The minimum Gasteiger partial charge on any atom is -0.354 e. The van der Waals surface area contributed by atoms with E-state index in [1.54, 1.807) is 6.20 Å². The Bertz CT molecular complexity index is 362. The lowest BCUT2D eigenvalue weighted by molar-refractivity contribution is 0.620. The van der Waals surface area contributed by atoms with Gasteiger partial charge in [0.1, 0.15) is 11.9 Å². The summed E-state index contributed by atoms with van der Waals surface area (Å²) >= 11 is 0. The predicted octanol–water partition coefficient (Wildman–Crippen LogP) is 3.36. The van der Waals surface area contributed by atoms with Crippen LogP contribution in [0.3, 0.4) is 0 Å². The molecule has 0 aliphatic heterocycles. The molecular weight excluding hydrogens is 210 g/mol. The van der Waals surface area contributed by atoms with Gasteiger partial charge < -0.3 is 4.90 Å². The Hall–Kier alpha value is -1.56. The number of anilines is 1. The summed E-state index contributed by atoms with van der Waals surface area (Å²) in [6, 6.07) is 6.30. The Morgan fingerprint density at radius 3 is 2.59 bits per heavy atom. The average Bonchev–Trinajstić information content (AvgIpc) is 2.34. The van der Waals surface area contributed by atoms with E-state index < -0.39 is 0 Å². The summed E-state index contributed by atoms with van der Waals surface area (Å²) < 4.78 is 0. The van der Waals surface area contributed by atoms with Crippen LogP contribution in [0.2, 0.25) is 0 Å². The van der Waals surface area contributed by atoms with Gasteiger partial charge in [0.05, 0.1) is 5.56 Å². The highest BCUT2D eigenvalue weighted by Gasteiger charge is 2.10. The van der Waals surface area contributed by atoms with Gasteiger partial charge in [0.15, 0.2) is 0 Å². The molecule has 1 aromatic rings. The second-order valence-corrected chi connectivity index (χ2v) is 4.51. The van der Waals surface area contributed by atoms with Gasteiger partial charge >= 0.3 is 0 Å². The molecule has 0 unspecified atom stereocenters. The highest BCUT2D eigenvalue weighted by Crippen LogP contribution is 2.15. The first kappa shape index (κ1) is 13.5. The van der Waals surface area contributed by atoms with Crippen molar-refractivity contribution in [2.45, 2.75) is 46.1 Å². The Morgan fingerprint density at radius 2 is 2.12 bits per heavy atom. The van der Waals surface area contributed by atoms with Crippen LogP contribution < -0.4 is 4.90 Å². The smallest absolute Gasteiger partial charge is 0.128 e. The number of hydrogen-bond donors (Lipinski definition) is 0. The molecule has 0 aromatic carbocycles. The molecule has 17 heavy (non-hydrogen) atoms. The third-order valence-corrected chi connectivity index (χ3v) is 2.80. The summed E-state index contributed by atoms with van der Waals surface area (Å²) in [6.45, 7) is 7.59. The van der Waals surface area contributed by atoms with Crippen molar-refractivity contribution in [3.63, 3.8) is 0 Å². The molecule has 0 atom stereocenters. The minimum atomic E-state index is 0.437. The summed E-state index contributed by atoms with van der Waals surface area (Å²) in [5, 5.41) is 8.75. The SMILES string of the molecule is CCCCCN(c1ccc(C#N)cn1)C(C)C. The maximum absolute atomic E-state index is 8.75. The van der Waals surface area contributed by atoms with Crippen LogP contribution in [-0.4, -0.2) is 17.6 Å². The normalized spacial score (nSPS) is 10.3. The molecule has 0 spiro atoms. The van der Waals surface area contributed by atoms with Gasteiger partial charge in [-0.15, -0.1) is 0 Å². The fourth-order valence-electron chi connectivity index (χ4n) is 1.79. The first-order valence-corrected chi connectivity index (χ1v) is 6.31. The zero-order valence-corrected chi connectivity index (χ0v) is 11.0. The number of pyridine rings is 1. The van der Waals surface area contributed by atoms with Crippen LogP contribution in [0.25, 0.3) is 0 Å². The average molecular weight is 231 g/mol. The highest BCUT2D eigenvalue weighted by molar-refractivity contribution is 5.42. The fourth-order valence-corrected chi connectivity index (χ4v) is 1.79. The van der Waals surface area contributed by atoms with Crippen molar-refractivity contribution in [3.05, 3.63) is 23.9 Å². The van der Waals surface area contributed by atoms with Gasteiger partial charge in [-0.1, -0.05) is 19.8 Å². The molecule has 0 saturated heterocycles. The lowest BCUT2D eigenvalue weighted by Gasteiger charge is -2.27. The monoisotopic (exact) mass is 231 g/mol. The van der Waals surface area contributed by atoms with Gasteiger partial charge in [-0.25, -0.2) is 4.98 Å². The zero-order valence-electron chi connectivity index (χ0n) is 11.0. The zero-order chi connectivity index (χ0) is 12.7. The van der Waals surface area contributed by atoms with Crippen LogP contribution in [0, 0.1) is 11.3 Å². The van der Waals surface area contributed by atoms with Crippen LogP contribution >= 0.6 is 0 Å². The number of nitrogens with zero attached hydrogens (tertiary/aromatic N) is 3. The van der Waals surface area contributed by atoms with Gasteiger partial charge in [-0.2, -0.15) is 5.26 Å². The third-order valence-electron chi connectivity index (χ3n) is 2.80.